The summed E-state index contributed by atoms with van der Waals surface area (Å²) in [6.07, 6.45) is 1.61. The predicted molar refractivity (Wildman–Crippen MR) is 80.5 cm³/mol. The number of hydrogen-bond donors (Lipinski definition) is 1. The molecule has 0 amide bonds. The largest absolute Gasteiger partial charge is 0.505 e. The summed E-state index contributed by atoms with van der Waals surface area (Å²) in [5, 5.41) is 10.1. The molecular weight excluding hydrogens is 286 g/mol. The summed E-state index contributed by atoms with van der Waals surface area (Å²) in [6.45, 7) is 1.61. The molecule has 0 saturated carbocycles. The average molecular weight is 301 g/mol. The SMILES string of the molecule is COC(=O)C1=C(O)C(=Cc2ccc(C(=O)OC)cc2)N=C1C. The second kappa shape index (κ2) is 6.26. The highest BCUT2D eigenvalue weighted by atomic mass is 16.5. The minimum Gasteiger partial charge on any atom is -0.505 e. The van der Waals surface area contributed by atoms with Crippen molar-refractivity contribution in [3.05, 3.63) is 52.4 Å². The molecule has 0 unspecified atom stereocenters. The highest BCUT2D eigenvalue weighted by Crippen LogP contribution is 2.26. The highest BCUT2D eigenvalue weighted by molar-refractivity contribution is 6.21. The lowest BCUT2D eigenvalue weighted by molar-refractivity contribution is -0.135. The quantitative estimate of drug-likeness (QED) is 0.866. The van der Waals surface area contributed by atoms with Gasteiger partial charge in [0, 0.05) is 0 Å². The predicted octanol–water partition coefficient (Wildman–Crippen LogP) is 2.27. The topological polar surface area (TPSA) is 85.2 Å². The molecule has 0 saturated heterocycles. The summed E-state index contributed by atoms with van der Waals surface area (Å²) < 4.78 is 9.23. The van der Waals surface area contributed by atoms with Gasteiger partial charge in [0.15, 0.2) is 5.76 Å². The number of hydrogen-bond acceptors (Lipinski definition) is 6. The summed E-state index contributed by atoms with van der Waals surface area (Å²) in [5.74, 6) is -1.28. The maximum absolute atomic E-state index is 11.6. The molecule has 1 N–H and O–H groups in total. The molecule has 6 heteroatoms. The maximum atomic E-state index is 11.6. The van der Waals surface area contributed by atoms with Gasteiger partial charge in [0.05, 0.1) is 25.5 Å². The summed E-state index contributed by atoms with van der Waals surface area (Å²) >= 11 is 0. The summed E-state index contributed by atoms with van der Waals surface area (Å²) in [4.78, 5) is 27.1. The molecule has 6 nitrogen and oxygen atoms in total. The fourth-order valence-electron chi connectivity index (χ4n) is 2.03. The number of rotatable bonds is 3. The standard InChI is InChI=1S/C16H15NO5/c1-9-13(16(20)22-3)14(18)12(17-9)8-10-4-6-11(7-5-10)15(19)21-2/h4-8,18H,1-3H3. The van der Waals surface area contributed by atoms with E-state index in [2.05, 4.69) is 14.5 Å². The van der Waals surface area contributed by atoms with E-state index in [1.807, 2.05) is 0 Å². The van der Waals surface area contributed by atoms with Gasteiger partial charge in [-0.2, -0.15) is 0 Å². The Labute approximate surface area is 127 Å². The molecular formula is C16H15NO5. The molecule has 0 radical (unpaired) electrons. The smallest absolute Gasteiger partial charge is 0.343 e. The van der Waals surface area contributed by atoms with Crippen LogP contribution in [0, 0.1) is 0 Å². The molecule has 1 aromatic carbocycles. The van der Waals surface area contributed by atoms with Crippen molar-refractivity contribution in [3.8, 4) is 0 Å². The average Bonchev–Trinajstić information content (AvgIpc) is 2.80. The van der Waals surface area contributed by atoms with Crippen LogP contribution < -0.4 is 0 Å². The first-order chi connectivity index (χ1) is 10.5. The van der Waals surface area contributed by atoms with E-state index >= 15 is 0 Å². The van der Waals surface area contributed by atoms with Gasteiger partial charge in [-0.25, -0.2) is 14.6 Å². The van der Waals surface area contributed by atoms with Gasteiger partial charge >= 0.3 is 11.9 Å². The summed E-state index contributed by atoms with van der Waals surface area (Å²) in [5.41, 5.74) is 1.85. The van der Waals surface area contributed by atoms with Crippen molar-refractivity contribution >= 4 is 23.7 Å². The van der Waals surface area contributed by atoms with Gasteiger partial charge in [-0.15, -0.1) is 0 Å². The number of benzene rings is 1. The molecule has 22 heavy (non-hydrogen) atoms. The first-order valence-corrected chi connectivity index (χ1v) is 6.45. The first-order valence-electron chi connectivity index (χ1n) is 6.45. The zero-order valence-corrected chi connectivity index (χ0v) is 12.4. The number of aliphatic imine (C=N–C) groups is 1. The molecule has 0 aromatic heterocycles. The van der Waals surface area contributed by atoms with Gasteiger partial charge in [-0.3, -0.25) is 0 Å². The van der Waals surface area contributed by atoms with Gasteiger partial charge in [0.1, 0.15) is 11.3 Å². The van der Waals surface area contributed by atoms with Crippen LogP contribution in [-0.4, -0.2) is 37.0 Å². The lowest BCUT2D eigenvalue weighted by Crippen LogP contribution is -2.11. The molecule has 0 bridgehead atoms. The van der Waals surface area contributed by atoms with Crippen LogP contribution in [0.1, 0.15) is 22.8 Å². The fraction of sp³-hybridized carbons (Fsp3) is 0.188. The third-order valence-electron chi connectivity index (χ3n) is 3.15. The summed E-state index contributed by atoms with van der Waals surface area (Å²) in [6, 6.07) is 6.58. The Kier molecular flexibility index (Phi) is 4.41. The number of esters is 2. The number of carbonyl (C=O) groups is 2. The van der Waals surface area contributed by atoms with E-state index < -0.39 is 11.9 Å². The molecule has 1 heterocycles. The van der Waals surface area contributed by atoms with E-state index in [0.29, 0.717) is 11.3 Å². The normalized spacial score (nSPS) is 15.8. The van der Waals surface area contributed by atoms with Crippen LogP contribution >= 0.6 is 0 Å². The molecule has 114 valence electrons. The van der Waals surface area contributed by atoms with Crippen molar-refractivity contribution in [2.24, 2.45) is 4.99 Å². The Morgan fingerprint density at radius 2 is 1.68 bits per heavy atom. The van der Waals surface area contributed by atoms with Gasteiger partial charge in [0.2, 0.25) is 0 Å². The Bertz CT molecular complexity index is 711. The van der Waals surface area contributed by atoms with Crippen molar-refractivity contribution in [2.75, 3.05) is 14.2 Å². The van der Waals surface area contributed by atoms with E-state index in [1.165, 1.54) is 14.2 Å². The molecule has 1 aliphatic heterocycles. The van der Waals surface area contributed by atoms with Crippen LogP contribution in [0.3, 0.4) is 0 Å². The number of nitrogens with zero attached hydrogens (tertiary/aromatic N) is 1. The number of aliphatic hydroxyl groups is 1. The van der Waals surface area contributed by atoms with Gasteiger partial charge in [-0.1, -0.05) is 12.1 Å². The van der Waals surface area contributed by atoms with Crippen molar-refractivity contribution in [1.29, 1.82) is 0 Å². The van der Waals surface area contributed by atoms with Crippen LogP contribution in [0.4, 0.5) is 0 Å². The molecule has 2 rings (SSSR count). The van der Waals surface area contributed by atoms with Crippen LogP contribution in [0.25, 0.3) is 6.08 Å². The van der Waals surface area contributed by atoms with Crippen LogP contribution in [0.15, 0.2) is 46.3 Å². The monoisotopic (exact) mass is 301 g/mol. The Balaban J connectivity index is 2.33. The fourth-order valence-corrected chi connectivity index (χ4v) is 2.03. The lowest BCUT2D eigenvalue weighted by Gasteiger charge is -2.01. The Morgan fingerprint density at radius 1 is 1.09 bits per heavy atom. The number of methoxy groups -OCH3 is 2. The van der Waals surface area contributed by atoms with Crippen LogP contribution in [0.2, 0.25) is 0 Å². The lowest BCUT2D eigenvalue weighted by atomic mass is 10.1. The highest BCUT2D eigenvalue weighted by Gasteiger charge is 2.27. The van der Waals surface area contributed by atoms with E-state index in [0.717, 1.165) is 5.56 Å². The zero-order valence-electron chi connectivity index (χ0n) is 12.4. The molecule has 1 aliphatic rings. The third kappa shape index (κ3) is 2.90. The van der Waals surface area contributed by atoms with Crippen LogP contribution in [-0.2, 0) is 14.3 Å². The minimum atomic E-state index is -0.636. The van der Waals surface area contributed by atoms with E-state index in [-0.39, 0.29) is 17.0 Å². The molecule has 0 spiro atoms. The van der Waals surface area contributed by atoms with Crippen molar-refractivity contribution in [2.45, 2.75) is 6.92 Å². The van der Waals surface area contributed by atoms with E-state index in [9.17, 15) is 14.7 Å². The second-order valence-corrected chi connectivity index (χ2v) is 4.56. The van der Waals surface area contributed by atoms with Gasteiger partial charge in [0.25, 0.3) is 0 Å². The van der Waals surface area contributed by atoms with E-state index in [4.69, 9.17) is 0 Å². The number of aliphatic hydroxyl groups excluding tert-OH is 1. The van der Waals surface area contributed by atoms with Gasteiger partial charge < -0.3 is 14.6 Å². The Morgan fingerprint density at radius 3 is 2.23 bits per heavy atom. The van der Waals surface area contributed by atoms with E-state index in [1.54, 1.807) is 37.3 Å². The number of ether oxygens (including phenoxy) is 2. The van der Waals surface area contributed by atoms with Crippen molar-refractivity contribution < 1.29 is 24.2 Å². The van der Waals surface area contributed by atoms with Crippen LogP contribution in [0.5, 0.6) is 0 Å². The third-order valence-corrected chi connectivity index (χ3v) is 3.15. The molecule has 1 aromatic rings. The van der Waals surface area contributed by atoms with Gasteiger partial charge in [-0.05, 0) is 30.7 Å². The summed E-state index contributed by atoms with van der Waals surface area (Å²) in [7, 11) is 2.55. The molecule has 0 aliphatic carbocycles. The molecule has 0 atom stereocenters. The zero-order chi connectivity index (χ0) is 16.3. The van der Waals surface area contributed by atoms with Crippen molar-refractivity contribution in [1.82, 2.24) is 0 Å². The number of carbonyl (C=O) groups excluding carboxylic acids is 2. The molecule has 0 fully saturated rings. The van der Waals surface area contributed by atoms with Crippen molar-refractivity contribution in [3.63, 3.8) is 0 Å². The maximum Gasteiger partial charge on any atom is 0.343 e. The second-order valence-electron chi connectivity index (χ2n) is 4.56. The Hall–Kier alpha value is -2.89. The first kappa shape index (κ1) is 15.5. The minimum absolute atomic E-state index is 0.0555.